The molecule has 1 heterocycles. The van der Waals surface area contributed by atoms with Gasteiger partial charge in [-0.3, -0.25) is 4.79 Å². The first-order chi connectivity index (χ1) is 14.6. The highest BCUT2D eigenvalue weighted by Gasteiger charge is 2.16. The molecule has 0 saturated heterocycles. The standard InChI is InChI=1S/C25H17ClN2O2/c1-15-6-2-4-8-18(15)24(29)27-17-11-12-21(26)20(14-17)25-28-23-19-9-5-3-7-16(19)10-13-22(23)30-25/h2-14H,1H3,(H,27,29). The third-order valence-electron chi connectivity index (χ3n) is 5.13. The molecule has 5 rings (SSSR count). The van der Waals surface area contributed by atoms with E-state index in [2.05, 4.69) is 5.32 Å². The SMILES string of the molecule is Cc1ccccc1C(=O)Nc1ccc(Cl)c(-c2nc3c(ccc4ccccc43)o2)c1. The van der Waals surface area contributed by atoms with Crippen molar-refractivity contribution in [2.75, 3.05) is 5.32 Å². The molecule has 0 atom stereocenters. The average Bonchev–Trinajstić information content (AvgIpc) is 3.20. The molecule has 0 radical (unpaired) electrons. The fourth-order valence-corrected chi connectivity index (χ4v) is 3.77. The van der Waals surface area contributed by atoms with Gasteiger partial charge in [0.15, 0.2) is 5.58 Å². The summed E-state index contributed by atoms with van der Waals surface area (Å²) in [5.74, 6) is 0.239. The predicted molar refractivity (Wildman–Crippen MR) is 121 cm³/mol. The van der Waals surface area contributed by atoms with Crippen LogP contribution in [0.2, 0.25) is 5.02 Å². The zero-order valence-electron chi connectivity index (χ0n) is 16.1. The van der Waals surface area contributed by atoms with E-state index in [-0.39, 0.29) is 5.91 Å². The minimum absolute atomic E-state index is 0.176. The molecule has 0 aliphatic rings. The van der Waals surface area contributed by atoms with Crippen molar-refractivity contribution < 1.29 is 9.21 Å². The number of aryl methyl sites for hydroxylation is 1. The number of hydrogen-bond acceptors (Lipinski definition) is 3. The molecule has 1 amide bonds. The lowest BCUT2D eigenvalue weighted by molar-refractivity contribution is 0.102. The van der Waals surface area contributed by atoms with E-state index in [0.29, 0.717) is 33.3 Å². The number of nitrogens with zero attached hydrogens (tertiary/aromatic N) is 1. The molecule has 0 fully saturated rings. The van der Waals surface area contributed by atoms with Gasteiger partial charge in [-0.2, -0.15) is 0 Å². The quantitative estimate of drug-likeness (QED) is 0.352. The Hall–Kier alpha value is -3.63. The van der Waals surface area contributed by atoms with Gasteiger partial charge in [-0.15, -0.1) is 0 Å². The second-order valence-corrected chi connectivity index (χ2v) is 7.52. The highest BCUT2D eigenvalue weighted by Crippen LogP contribution is 2.34. The molecule has 146 valence electrons. The van der Waals surface area contributed by atoms with Gasteiger partial charge in [0.25, 0.3) is 5.91 Å². The Bertz CT molecular complexity index is 1420. The second kappa shape index (κ2) is 7.32. The van der Waals surface area contributed by atoms with Crippen LogP contribution >= 0.6 is 11.6 Å². The number of carbonyl (C=O) groups is 1. The number of amides is 1. The Morgan fingerprint density at radius 3 is 2.63 bits per heavy atom. The summed E-state index contributed by atoms with van der Waals surface area (Å²) < 4.78 is 6.00. The molecule has 0 unspecified atom stereocenters. The maximum Gasteiger partial charge on any atom is 0.255 e. The van der Waals surface area contributed by atoms with Crippen molar-refractivity contribution in [2.24, 2.45) is 0 Å². The molecule has 1 N–H and O–H groups in total. The normalized spacial score (nSPS) is 11.1. The third-order valence-corrected chi connectivity index (χ3v) is 5.46. The lowest BCUT2D eigenvalue weighted by Gasteiger charge is -2.09. The van der Waals surface area contributed by atoms with Crippen molar-refractivity contribution in [1.82, 2.24) is 4.98 Å². The van der Waals surface area contributed by atoms with Crippen LogP contribution in [-0.2, 0) is 0 Å². The van der Waals surface area contributed by atoms with Crippen molar-refractivity contribution in [1.29, 1.82) is 0 Å². The van der Waals surface area contributed by atoms with E-state index < -0.39 is 0 Å². The number of rotatable bonds is 3. The molecule has 1 aromatic heterocycles. The van der Waals surface area contributed by atoms with Crippen LogP contribution in [-0.4, -0.2) is 10.9 Å². The summed E-state index contributed by atoms with van der Waals surface area (Å²) in [6, 6.07) is 24.7. The summed E-state index contributed by atoms with van der Waals surface area (Å²) >= 11 is 6.44. The fraction of sp³-hybridized carbons (Fsp3) is 0.0400. The number of fused-ring (bicyclic) bond motifs is 3. The first-order valence-electron chi connectivity index (χ1n) is 9.55. The number of aromatic nitrogens is 1. The van der Waals surface area contributed by atoms with Crippen LogP contribution in [0.1, 0.15) is 15.9 Å². The summed E-state index contributed by atoms with van der Waals surface area (Å²) in [5, 5.41) is 5.54. The second-order valence-electron chi connectivity index (χ2n) is 7.12. The lowest BCUT2D eigenvalue weighted by atomic mass is 10.1. The predicted octanol–water partition coefficient (Wildman–Crippen LogP) is 6.86. The van der Waals surface area contributed by atoms with Gasteiger partial charge >= 0.3 is 0 Å². The summed E-state index contributed by atoms with van der Waals surface area (Å²) in [6.07, 6.45) is 0. The molecule has 0 spiro atoms. The highest BCUT2D eigenvalue weighted by atomic mass is 35.5. The van der Waals surface area contributed by atoms with Crippen LogP contribution < -0.4 is 5.32 Å². The van der Waals surface area contributed by atoms with E-state index in [1.807, 2.05) is 61.5 Å². The van der Waals surface area contributed by atoms with Crippen LogP contribution in [0.5, 0.6) is 0 Å². The maximum absolute atomic E-state index is 12.7. The van der Waals surface area contributed by atoms with Crippen molar-refractivity contribution in [3.63, 3.8) is 0 Å². The number of anilines is 1. The zero-order valence-corrected chi connectivity index (χ0v) is 16.9. The van der Waals surface area contributed by atoms with Gasteiger partial charge in [-0.05, 0) is 48.2 Å². The largest absolute Gasteiger partial charge is 0.436 e. The topological polar surface area (TPSA) is 55.1 Å². The van der Waals surface area contributed by atoms with Gasteiger partial charge in [0, 0.05) is 16.6 Å². The Morgan fingerprint density at radius 1 is 0.967 bits per heavy atom. The smallest absolute Gasteiger partial charge is 0.255 e. The maximum atomic E-state index is 12.7. The molecule has 0 aliphatic carbocycles. The molecule has 4 nitrogen and oxygen atoms in total. The molecular formula is C25H17ClN2O2. The van der Waals surface area contributed by atoms with E-state index in [0.717, 1.165) is 21.9 Å². The number of halogens is 1. The number of benzene rings is 4. The Kier molecular flexibility index (Phi) is 4.49. The zero-order chi connectivity index (χ0) is 20.7. The molecule has 5 aromatic rings. The van der Waals surface area contributed by atoms with Gasteiger partial charge < -0.3 is 9.73 Å². The summed E-state index contributed by atoms with van der Waals surface area (Å²) in [4.78, 5) is 17.4. The summed E-state index contributed by atoms with van der Waals surface area (Å²) in [5.41, 5.74) is 4.26. The van der Waals surface area contributed by atoms with E-state index in [9.17, 15) is 4.79 Å². The lowest BCUT2D eigenvalue weighted by Crippen LogP contribution is -2.13. The summed E-state index contributed by atoms with van der Waals surface area (Å²) in [7, 11) is 0. The van der Waals surface area contributed by atoms with E-state index in [1.165, 1.54) is 0 Å². The van der Waals surface area contributed by atoms with Gasteiger partial charge in [-0.25, -0.2) is 4.98 Å². The van der Waals surface area contributed by atoms with Gasteiger partial charge in [0.2, 0.25) is 5.89 Å². The van der Waals surface area contributed by atoms with E-state index in [1.54, 1.807) is 24.3 Å². The number of oxazole rings is 1. The Labute approximate surface area is 178 Å². The van der Waals surface area contributed by atoms with Crippen molar-refractivity contribution in [3.05, 3.63) is 95.0 Å². The van der Waals surface area contributed by atoms with Crippen LogP contribution in [0.3, 0.4) is 0 Å². The van der Waals surface area contributed by atoms with Crippen LogP contribution in [0.15, 0.2) is 83.3 Å². The van der Waals surface area contributed by atoms with Gasteiger partial charge in [0.1, 0.15) is 5.52 Å². The molecule has 0 aliphatic heterocycles. The number of carbonyl (C=O) groups excluding carboxylic acids is 1. The molecular weight excluding hydrogens is 396 g/mol. The highest BCUT2D eigenvalue weighted by molar-refractivity contribution is 6.33. The first-order valence-corrected chi connectivity index (χ1v) is 9.93. The number of nitrogens with one attached hydrogen (secondary N) is 1. The van der Waals surface area contributed by atoms with Gasteiger partial charge in [-0.1, -0.05) is 60.1 Å². The van der Waals surface area contributed by atoms with Crippen LogP contribution in [0.25, 0.3) is 33.3 Å². The van der Waals surface area contributed by atoms with Gasteiger partial charge in [0.05, 0.1) is 10.6 Å². The molecule has 0 saturated carbocycles. The van der Waals surface area contributed by atoms with E-state index >= 15 is 0 Å². The minimum Gasteiger partial charge on any atom is -0.436 e. The van der Waals surface area contributed by atoms with Crippen molar-refractivity contribution in [3.8, 4) is 11.5 Å². The van der Waals surface area contributed by atoms with Crippen LogP contribution in [0.4, 0.5) is 5.69 Å². The van der Waals surface area contributed by atoms with Crippen LogP contribution in [0, 0.1) is 6.92 Å². The number of hydrogen-bond donors (Lipinski definition) is 1. The van der Waals surface area contributed by atoms with E-state index in [4.69, 9.17) is 21.0 Å². The molecule has 4 aromatic carbocycles. The summed E-state index contributed by atoms with van der Waals surface area (Å²) in [6.45, 7) is 1.91. The Balaban J connectivity index is 1.54. The third kappa shape index (κ3) is 3.21. The Morgan fingerprint density at radius 2 is 1.77 bits per heavy atom. The monoisotopic (exact) mass is 412 g/mol. The fourth-order valence-electron chi connectivity index (χ4n) is 3.57. The van der Waals surface area contributed by atoms with Crippen molar-refractivity contribution in [2.45, 2.75) is 6.92 Å². The van der Waals surface area contributed by atoms with Crippen molar-refractivity contribution >= 4 is 45.1 Å². The first kappa shape index (κ1) is 18.4. The molecule has 0 bridgehead atoms. The minimum atomic E-state index is -0.176. The average molecular weight is 413 g/mol. The molecule has 30 heavy (non-hydrogen) atoms. The molecule has 5 heteroatoms.